The van der Waals surface area contributed by atoms with Crippen LogP contribution in [0.4, 0.5) is 0 Å². The number of aromatic nitrogens is 3. The first-order valence-electron chi connectivity index (χ1n) is 9.08. The molecule has 6 nitrogen and oxygen atoms in total. The van der Waals surface area contributed by atoms with E-state index in [9.17, 15) is 0 Å². The fourth-order valence-corrected chi connectivity index (χ4v) is 3.62. The molecule has 0 saturated heterocycles. The van der Waals surface area contributed by atoms with Gasteiger partial charge in [-0.15, -0.1) is 11.3 Å². The van der Waals surface area contributed by atoms with Crippen LogP contribution in [0.15, 0.2) is 35.5 Å². The minimum Gasteiger partial charge on any atom is -0.357 e. The van der Waals surface area contributed by atoms with Gasteiger partial charge in [-0.1, -0.05) is 19.1 Å². The lowest BCUT2D eigenvalue weighted by atomic mass is 10.3. The Hall–Kier alpha value is -2.41. The number of thiazole rings is 1. The number of nitrogens with zero attached hydrogens (tertiary/aromatic N) is 4. The van der Waals surface area contributed by atoms with E-state index < -0.39 is 0 Å². The van der Waals surface area contributed by atoms with Gasteiger partial charge in [-0.3, -0.25) is 0 Å². The number of guanidine groups is 1. The summed E-state index contributed by atoms with van der Waals surface area (Å²) in [5, 5.41) is 7.76. The van der Waals surface area contributed by atoms with Crippen LogP contribution in [0.2, 0.25) is 0 Å². The van der Waals surface area contributed by atoms with E-state index in [0.717, 1.165) is 48.4 Å². The zero-order valence-corrected chi connectivity index (χ0v) is 16.4. The van der Waals surface area contributed by atoms with Crippen LogP contribution in [0.5, 0.6) is 0 Å². The van der Waals surface area contributed by atoms with Gasteiger partial charge in [-0.2, -0.15) is 0 Å². The SMILES string of the molecule is CCNC(=NCc1ncc(CC)s1)NCCn1c(C)nc2ccccc21. The normalized spacial score (nSPS) is 11.9. The molecule has 0 aliphatic carbocycles. The smallest absolute Gasteiger partial charge is 0.191 e. The lowest BCUT2D eigenvalue weighted by molar-refractivity contribution is 0.660. The highest BCUT2D eigenvalue weighted by Gasteiger charge is 2.07. The second kappa shape index (κ2) is 8.80. The minimum absolute atomic E-state index is 0.604. The van der Waals surface area contributed by atoms with Gasteiger partial charge in [-0.25, -0.2) is 15.0 Å². The summed E-state index contributed by atoms with van der Waals surface area (Å²) < 4.78 is 2.24. The van der Waals surface area contributed by atoms with Gasteiger partial charge in [0.2, 0.25) is 0 Å². The Balaban J connectivity index is 1.61. The second-order valence-corrected chi connectivity index (χ2v) is 7.19. The molecule has 2 heterocycles. The molecule has 3 aromatic rings. The Morgan fingerprint density at radius 2 is 2.08 bits per heavy atom. The summed E-state index contributed by atoms with van der Waals surface area (Å²) in [5.41, 5.74) is 2.21. The third kappa shape index (κ3) is 4.40. The van der Waals surface area contributed by atoms with E-state index in [1.54, 1.807) is 11.3 Å². The molecule has 0 bridgehead atoms. The summed E-state index contributed by atoms with van der Waals surface area (Å²) in [6.07, 6.45) is 2.97. The first kappa shape index (κ1) is 18.4. The number of fused-ring (bicyclic) bond motifs is 1. The van der Waals surface area contributed by atoms with E-state index >= 15 is 0 Å². The average molecular weight is 371 g/mol. The number of benzene rings is 1. The van der Waals surface area contributed by atoms with Crippen LogP contribution in [-0.2, 0) is 19.5 Å². The third-order valence-corrected chi connectivity index (χ3v) is 5.27. The molecule has 0 radical (unpaired) electrons. The zero-order valence-electron chi connectivity index (χ0n) is 15.6. The van der Waals surface area contributed by atoms with Crippen molar-refractivity contribution in [1.82, 2.24) is 25.2 Å². The van der Waals surface area contributed by atoms with Crippen molar-refractivity contribution >= 4 is 28.3 Å². The Kier molecular flexibility index (Phi) is 6.22. The maximum Gasteiger partial charge on any atom is 0.191 e. The molecule has 0 amide bonds. The van der Waals surface area contributed by atoms with Gasteiger partial charge < -0.3 is 15.2 Å². The summed E-state index contributed by atoms with van der Waals surface area (Å²) in [7, 11) is 0. The maximum absolute atomic E-state index is 4.65. The number of imidazole rings is 1. The monoisotopic (exact) mass is 370 g/mol. The van der Waals surface area contributed by atoms with Crippen LogP contribution in [-0.4, -0.2) is 33.6 Å². The van der Waals surface area contributed by atoms with E-state index in [1.165, 1.54) is 10.4 Å². The van der Waals surface area contributed by atoms with Gasteiger partial charge in [0.1, 0.15) is 10.8 Å². The van der Waals surface area contributed by atoms with E-state index in [0.29, 0.717) is 6.54 Å². The predicted octanol–water partition coefficient (Wildman–Crippen LogP) is 3.12. The number of rotatable bonds is 7. The lowest BCUT2D eigenvalue weighted by Crippen LogP contribution is -2.38. The fraction of sp³-hybridized carbons (Fsp3) is 0.421. The summed E-state index contributed by atoms with van der Waals surface area (Å²) in [5.74, 6) is 1.85. The molecule has 138 valence electrons. The standard InChI is InChI=1S/C19H26N6S/c1-4-15-12-22-18(26-15)13-23-19(20-5-2)21-10-11-25-14(3)24-16-8-6-7-9-17(16)25/h6-9,12H,4-5,10-11,13H2,1-3H3,(H2,20,21,23). The molecule has 0 aliphatic rings. The average Bonchev–Trinajstić information content (AvgIpc) is 3.24. The van der Waals surface area contributed by atoms with Crippen molar-refractivity contribution in [3.8, 4) is 0 Å². The minimum atomic E-state index is 0.604. The maximum atomic E-state index is 4.65. The largest absolute Gasteiger partial charge is 0.357 e. The molecule has 0 atom stereocenters. The topological polar surface area (TPSA) is 67.1 Å². The number of nitrogens with one attached hydrogen (secondary N) is 2. The quantitative estimate of drug-likeness (QED) is 0.495. The second-order valence-electron chi connectivity index (χ2n) is 6.00. The van der Waals surface area contributed by atoms with Gasteiger partial charge in [-0.05, 0) is 32.4 Å². The van der Waals surface area contributed by atoms with Crippen LogP contribution in [0.3, 0.4) is 0 Å². The Morgan fingerprint density at radius 3 is 2.85 bits per heavy atom. The van der Waals surface area contributed by atoms with Crippen molar-refractivity contribution in [2.75, 3.05) is 13.1 Å². The number of aliphatic imine (C=N–C) groups is 1. The molecule has 0 aliphatic heterocycles. The van der Waals surface area contributed by atoms with Gasteiger partial charge in [0.15, 0.2) is 5.96 Å². The molecular formula is C19H26N6S. The number of para-hydroxylation sites is 2. The highest BCUT2D eigenvalue weighted by Crippen LogP contribution is 2.15. The molecule has 0 fully saturated rings. The summed E-state index contributed by atoms with van der Waals surface area (Å²) in [6, 6.07) is 8.24. The van der Waals surface area contributed by atoms with Crippen LogP contribution in [0.1, 0.15) is 29.6 Å². The molecule has 3 rings (SSSR count). The molecule has 1 aromatic carbocycles. The Morgan fingerprint density at radius 1 is 1.23 bits per heavy atom. The van der Waals surface area contributed by atoms with E-state index in [4.69, 9.17) is 0 Å². The molecule has 0 unspecified atom stereocenters. The number of hydrogen-bond acceptors (Lipinski definition) is 4. The lowest BCUT2D eigenvalue weighted by Gasteiger charge is -2.12. The van der Waals surface area contributed by atoms with Gasteiger partial charge in [0.25, 0.3) is 0 Å². The van der Waals surface area contributed by atoms with Crippen molar-refractivity contribution in [2.45, 2.75) is 40.3 Å². The van der Waals surface area contributed by atoms with Gasteiger partial charge >= 0.3 is 0 Å². The summed E-state index contributed by atoms with van der Waals surface area (Å²) in [4.78, 5) is 15.0. The molecular weight excluding hydrogens is 344 g/mol. The van der Waals surface area contributed by atoms with Crippen molar-refractivity contribution in [3.63, 3.8) is 0 Å². The van der Waals surface area contributed by atoms with Crippen LogP contribution in [0, 0.1) is 6.92 Å². The Bertz CT molecular complexity index is 879. The molecule has 0 saturated carbocycles. The summed E-state index contributed by atoms with van der Waals surface area (Å²) in [6.45, 7) is 9.33. The first-order chi connectivity index (χ1) is 12.7. The number of hydrogen-bond donors (Lipinski definition) is 2. The van der Waals surface area contributed by atoms with E-state index in [1.807, 2.05) is 19.2 Å². The van der Waals surface area contributed by atoms with Crippen LogP contribution < -0.4 is 10.6 Å². The fourth-order valence-electron chi connectivity index (χ4n) is 2.84. The molecule has 2 N–H and O–H groups in total. The van der Waals surface area contributed by atoms with E-state index in [-0.39, 0.29) is 0 Å². The predicted molar refractivity (Wildman–Crippen MR) is 109 cm³/mol. The highest BCUT2D eigenvalue weighted by atomic mass is 32.1. The highest BCUT2D eigenvalue weighted by molar-refractivity contribution is 7.11. The van der Waals surface area contributed by atoms with Gasteiger partial charge in [0.05, 0.1) is 17.6 Å². The number of aryl methyl sites for hydroxylation is 2. The molecule has 26 heavy (non-hydrogen) atoms. The molecule has 2 aromatic heterocycles. The van der Waals surface area contributed by atoms with Crippen molar-refractivity contribution in [1.29, 1.82) is 0 Å². The van der Waals surface area contributed by atoms with Crippen LogP contribution >= 0.6 is 11.3 Å². The molecule has 7 heteroatoms. The molecule has 0 spiro atoms. The van der Waals surface area contributed by atoms with Crippen LogP contribution in [0.25, 0.3) is 11.0 Å². The van der Waals surface area contributed by atoms with Crippen molar-refractivity contribution in [2.24, 2.45) is 4.99 Å². The van der Waals surface area contributed by atoms with Gasteiger partial charge in [0, 0.05) is 30.7 Å². The van der Waals surface area contributed by atoms with E-state index in [2.05, 4.69) is 62.2 Å². The summed E-state index contributed by atoms with van der Waals surface area (Å²) >= 11 is 1.73. The third-order valence-electron chi connectivity index (χ3n) is 4.14. The van der Waals surface area contributed by atoms with Crippen molar-refractivity contribution in [3.05, 3.63) is 46.2 Å². The van der Waals surface area contributed by atoms with Crippen molar-refractivity contribution < 1.29 is 0 Å². The first-order valence-corrected chi connectivity index (χ1v) is 9.90. The Labute approximate surface area is 158 Å². The zero-order chi connectivity index (χ0) is 18.4.